The highest BCUT2D eigenvalue weighted by Crippen LogP contribution is 2.42. The predicted octanol–water partition coefficient (Wildman–Crippen LogP) is 6.12. The number of thiazole rings is 1. The zero-order valence-electron chi connectivity index (χ0n) is 25.9. The molecule has 2 aromatic carbocycles. The lowest BCUT2D eigenvalue weighted by molar-refractivity contribution is 0.0982. The van der Waals surface area contributed by atoms with Crippen molar-refractivity contribution in [2.75, 3.05) is 82.3 Å². The van der Waals surface area contributed by atoms with Gasteiger partial charge in [0.25, 0.3) is 0 Å². The van der Waals surface area contributed by atoms with Crippen LogP contribution in [-0.2, 0) is 4.57 Å². The summed E-state index contributed by atoms with van der Waals surface area (Å²) in [4.78, 5) is 21.4. The molecule has 10 nitrogen and oxygen atoms in total. The molecular formula is C31H40BrN8O2PS. The summed E-state index contributed by atoms with van der Waals surface area (Å²) in [5.74, 6) is 1.71. The first-order chi connectivity index (χ1) is 21.1. The van der Waals surface area contributed by atoms with Gasteiger partial charge < -0.3 is 29.7 Å². The average molecular weight is 700 g/mol. The van der Waals surface area contributed by atoms with Gasteiger partial charge in [0, 0.05) is 63.3 Å². The SMILES string of the molecule is COc1cc(N2CCC(N3CCN(C)CC3)CC2)c(C)cc1Nc1ncc(Br)c(Nc2ccc3scnc3c2P(C)(C)=O)n1. The first-order valence-electron chi connectivity index (χ1n) is 14.9. The fourth-order valence-corrected chi connectivity index (χ4v) is 8.72. The molecule has 0 amide bonds. The highest BCUT2D eigenvalue weighted by Gasteiger charge is 2.28. The van der Waals surface area contributed by atoms with E-state index in [0.29, 0.717) is 22.3 Å². The summed E-state index contributed by atoms with van der Waals surface area (Å²) in [6.07, 6.45) is 4.06. The quantitative estimate of drug-likeness (QED) is 0.210. The van der Waals surface area contributed by atoms with E-state index in [-0.39, 0.29) is 0 Å². The molecule has 2 fully saturated rings. The van der Waals surface area contributed by atoms with E-state index in [1.807, 2.05) is 12.1 Å². The van der Waals surface area contributed by atoms with E-state index in [9.17, 15) is 4.57 Å². The van der Waals surface area contributed by atoms with Gasteiger partial charge in [-0.05, 0) is 79.8 Å². The van der Waals surface area contributed by atoms with Crippen LogP contribution < -0.4 is 25.6 Å². The van der Waals surface area contributed by atoms with Crippen molar-refractivity contribution in [3.63, 3.8) is 0 Å². The maximum absolute atomic E-state index is 13.3. The predicted molar refractivity (Wildman–Crippen MR) is 187 cm³/mol. The standard InChI is InChI=1S/C31H40BrN8O2PS/c1-20-16-24(26(42-3)17-25(20)40-10-8-21(9-11-40)39-14-12-38(2)13-15-39)36-31-33-18-22(32)30(37-31)35-23-6-7-27-28(34-19-44-27)29(23)43(4,5)41/h6-7,16-19,21H,8-15H2,1-5H3,(H2,33,35,36,37). The second kappa shape index (κ2) is 12.9. The van der Waals surface area contributed by atoms with Gasteiger partial charge in [-0.3, -0.25) is 4.90 Å². The second-order valence-corrected chi connectivity index (χ2v) is 16.9. The van der Waals surface area contributed by atoms with Crippen LogP contribution in [0.5, 0.6) is 5.75 Å². The molecule has 6 rings (SSSR count). The maximum Gasteiger partial charge on any atom is 0.229 e. The van der Waals surface area contributed by atoms with Crippen LogP contribution in [0.25, 0.3) is 10.2 Å². The third-order valence-corrected chi connectivity index (χ3v) is 11.5. The molecule has 2 aliphatic heterocycles. The van der Waals surface area contributed by atoms with E-state index >= 15 is 0 Å². The van der Waals surface area contributed by atoms with Crippen LogP contribution >= 0.6 is 34.4 Å². The minimum atomic E-state index is -2.65. The van der Waals surface area contributed by atoms with E-state index in [1.54, 1.807) is 32.1 Å². The fraction of sp³-hybridized carbons (Fsp3) is 0.452. The highest BCUT2D eigenvalue weighted by atomic mass is 79.9. The second-order valence-electron chi connectivity index (χ2n) is 12.0. The number of nitrogens with zero attached hydrogens (tertiary/aromatic N) is 6. The van der Waals surface area contributed by atoms with Gasteiger partial charge in [-0.25, -0.2) is 9.97 Å². The molecular weight excluding hydrogens is 659 g/mol. The summed E-state index contributed by atoms with van der Waals surface area (Å²) in [6.45, 7) is 12.4. The van der Waals surface area contributed by atoms with Gasteiger partial charge in [0.05, 0.1) is 44.0 Å². The molecule has 0 aliphatic carbocycles. The van der Waals surface area contributed by atoms with Gasteiger partial charge in [-0.1, -0.05) is 0 Å². The summed E-state index contributed by atoms with van der Waals surface area (Å²) in [5, 5.41) is 7.48. The van der Waals surface area contributed by atoms with Gasteiger partial charge in [-0.2, -0.15) is 4.98 Å². The fourth-order valence-electron chi connectivity index (χ4n) is 6.27. The Morgan fingerprint density at radius 2 is 1.77 bits per heavy atom. The Balaban J connectivity index is 1.20. The maximum atomic E-state index is 13.3. The van der Waals surface area contributed by atoms with E-state index in [2.05, 4.69) is 77.3 Å². The molecule has 0 saturated carbocycles. The van der Waals surface area contributed by atoms with Crippen LogP contribution in [0.2, 0.25) is 0 Å². The first kappa shape index (κ1) is 31.2. The van der Waals surface area contributed by atoms with Gasteiger partial charge in [0.1, 0.15) is 18.7 Å². The summed E-state index contributed by atoms with van der Waals surface area (Å²) < 4.78 is 20.9. The van der Waals surface area contributed by atoms with Crippen molar-refractivity contribution in [1.29, 1.82) is 0 Å². The van der Waals surface area contributed by atoms with Crippen LogP contribution in [0.3, 0.4) is 0 Å². The van der Waals surface area contributed by atoms with Gasteiger partial charge in [0.15, 0.2) is 0 Å². The zero-order chi connectivity index (χ0) is 31.0. The number of anilines is 5. The summed E-state index contributed by atoms with van der Waals surface area (Å²) >= 11 is 5.12. The number of aryl methyl sites for hydroxylation is 1. The number of hydrogen-bond donors (Lipinski definition) is 2. The molecule has 0 unspecified atom stereocenters. The Kier molecular flexibility index (Phi) is 9.17. The number of hydrogen-bond acceptors (Lipinski definition) is 11. The number of aromatic nitrogens is 3. The Morgan fingerprint density at radius 3 is 2.48 bits per heavy atom. The number of halogens is 1. The summed E-state index contributed by atoms with van der Waals surface area (Å²) in [5.41, 5.74) is 6.44. The van der Waals surface area contributed by atoms with E-state index in [4.69, 9.17) is 9.72 Å². The first-order valence-corrected chi connectivity index (χ1v) is 19.2. The molecule has 4 aromatic rings. The third-order valence-electron chi connectivity index (χ3n) is 8.64. The number of nitrogens with one attached hydrogen (secondary N) is 2. The van der Waals surface area contributed by atoms with Crippen molar-refractivity contribution in [3.05, 3.63) is 46.0 Å². The topological polar surface area (TPSA) is 98.8 Å². The van der Waals surface area contributed by atoms with Crippen molar-refractivity contribution in [1.82, 2.24) is 24.8 Å². The molecule has 44 heavy (non-hydrogen) atoms. The van der Waals surface area contributed by atoms with Crippen molar-refractivity contribution < 1.29 is 9.30 Å². The number of ether oxygens (including phenoxy) is 1. The summed E-state index contributed by atoms with van der Waals surface area (Å²) in [7, 11) is 1.26. The lowest BCUT2D eigenvalue weighted by Crippen LogP contribution is -2.52. The molecule has 234 valence electrons. The average Bonchev–Trinajstić information content (AvgIpc) is 3.47. The van der Waals surface area contributed by atoms with Crippen molar-refractivity contribution in [3.8, 4) is 5.75 Å². The van der Waals surface area contributed by atoms with Crippen LogP contribution in [0.1, 0.15) is 18.4 Å². The van der Waals surface area contributed by atoms with Crippen molar-refractivity contribution >= 4 is 78.8 Å². The molecule has 0 atom stereocenters. The third kappa shape index (κ3) is 6.60. The lowest BCUT2D eigenvalue weighted by Gasteiger charge is -2.43. The minimum Gasteiger partial charge on any atom is -0.494 e. The molecule has 13 heteroatoms. The van der Waals surface area contributed by atoms with E-state index in [0.717, 1.165) is 58.8 Å². The zero-order valence-corrected chi connectivity index (χ0v) is 29.2. The van der Waals surface area contributed by atoms with Crippen LogP contribution in [0.15, 0.2) is 40.4 Å². The number of piperazine rings is 1. The lowest BCUT2D eigenvalue weighted by atomic mass is 10.0. The summed E-state index contributed by atoms with van der Waals surface area (Å²) in [6, 6.07) is 8.84. The van der Waals surface area contributed by atoms with Gasteiger partial charge in [0.2, 0.25) is 5.95 Å². The Morgan fingerprint density at radius 1 is 1.02 bits per heavy atom. The van der Waals surface area contributed by atoms with Crippen LogP contribution in [0.4, 0.5) is 28.8 Å². The van der Waals surface area contributed by atoms with Crippen molar-refractivity contribution in [2.24, 2.45) is 0 Å². The highest BCUT2D eigenvalue weighted by molar-refractivity contribution is 9.10. The molecule has 0 radical (unpaired) electrons. The van der Waals surface area contributed by atoms with Crippen molar-refractivity contribution in [2.45, 2.75) is 25.8 Å². The Labute approximate surface area is 271 Å². The minimum absolute atomic E-state index is 0.418. The molecule has 2 aliphatic rings. The van der Waals surface area contributed by atoms with E-state index < -0.39 is 7.14 Å². The number of likely N-dealkylation sites (N-methyl/N-ethyl adjacent to an activating group) is 1. The number of fused-ring (bicyclic) bond motifs is 1. The number of piperidine rings is 1. The largest absolute Gasteiger partial charge is 0.494 e. The molecule has 0 bridgehead atoms. The number of methoxy groups -OCH3 is 1. The Hall–Kier alpha value is -2.76. The van der Waals surface area contributed by atoms with Gasteiger partial charge >= 0.3 is 0 Å². The smallest absolute Gasteiger partial charge is 0.229 e. The Bertz CT molecular complexity index is 1700. The normalized spacial score (nSPS) is 17.3. The van der Waals surface area contributed by atoms with Crippen LogP contribution in [-0.4, -0.2) is 97.5 Å². The molecule has 4 heterocycles. The molecule has 2 aromatic heterocycles. The number of rotatable bonds is 8. The van der Waals surface area contributed by atoms with E-state index in [1.165, 1.54) is 48.5 Å². The van der Waals surface area contributed by atoms with Crippen LogP contribution in [0, 0.1) is 6.92 Å². The van der Waals surface area contributed by atoms with Gasteiger partial charge in [-0.15, -0.1) is 11.3 Å². The molecule has 0 spiro atoms. The molecule has 2 N–H and O–H groups in total. The monoisotopic (exact) mass is 698 g/mol. The molecule has 2 saturated heterocycles. The number of benzene rings is 2.